The molecule has 2 atom stereocenters. The molecule has 0 fully saturated rings. The van der Waals surface area contributed by atoms with Crippen molar-refractivity contribution < 1.29 is 8.78 Å². The lowest BCUT2D eigenvalue weighted by Gasteiger charge is -2.19. The van der Waals surface area contributed by atoms with Crippen LogP contribution in [-0.2, 0) is 0 Å². The van der Waals surface area contributed by atoms with Crippen molar-refractivity contribution in [3.63, 3.8) is 0 Å². The van der Waals surface area contributed by atoms with Gasteiger partial charge in [-0.2, -0.15) is 0 Å². The molecule has 0 aliphatic carbocycles. The molecule has 0 radical (unpaired) electrons. The molecule has 0 saturated heterocycles. The zero-order valence-electron chi connectivity index (χ0n) is 10.1. The molecule has 1 aliphatic heterocycles. The third kappa shape index (κ3) is 2.34. The van der Waals surface area contributed by atoms with Crippen LogP contribution < -0.4 is 5.32 Å². The highest BCUT2D eigenvalue weighted by Gasteiger charge is 2.26. The van der Waals surface area contributed by atoms with Gasteiger partial charge in [0, 0.05) is 0 Å². The number of aliphatic imine (C=N–C) groups is 1. The van der Waals surface area contributed by atoms with E-state index in [-0.39, 0.29) is 23.7 Å². The van der Waals surface area contributed by atoms with Crippen LogP contribution in [0.3, 0.4) is 0 Å². The minimum absolute atomic E-state index is 0.0499. The first-order valence-electron chi connectivity index (χ1n) is 6.03. The zero-order chi connectivity index (χ0) is 13.2. The first-order valence-corrected chi connectivity index (χ1v) is 6.03. The molecule has 2 unspecified atom stereocenters. The smallest absolute Gasteiger partial charge is 0.123 e. The number of hydrogen-bond acceptors (Lipinski definition) is 2. The average molecular weight is 258 g/mol. The second-order valence-corrected chi connectivity index (χ2v) is 4.47. The number of rotatable bonds is 2. The SMILES string of the molecule is Fc1ccc(C2N=CNC2c2ccc(F)cc2)cc1. The maximum Gasteiger partial charge on any atom is 0.123 e. The molecule has 0 aromatic heterocycles. The van der Waals surface area contributed by atoms with Crippen molar-refractivity contribution in [3.05, 3.63) is 71.3 Å². The molecule has 4 heteroatoms. The summed E-state index contributed by atoms with van der Waals surface area (Å²) in [6.07, 6.45) is 1.64. The van der Waals surface area contributed by atoms with Crippen LogP contribution >= 0.6 is 0 Å². The van der Waals surface area contributed by atoms with Gasteiger partial charge in [-0.25, -0.2) is 8.78 Å². The lowest BCUT2D eigenvalue weighted by Crippen LogP contribution is -2.18. The molecule has 3 rings (SSSR count). The zero-order valence-corrected chi connectivity index (χ0v) is 10.1. The monoisotopic (exact) mass is 258 g/mol. The van der Waals surface area contributed by atoms with Gasteiger partial charge in [-0.15, -0.1) is 0 Å². The maximum atomic E-state index is 12.9. The number of halogens is 2. The van der Waals surface area contributed by atoms with E-state index >= 15 is 0 Å². The van der Waals surface area contributed by atoms with Crippen molar-refractivity contribution in [3.8, 4) is 0 Å². The molecule has 96 valence electrons. The highest BCUT2D eigenvalue weighted by atomic mass is 19.1. The quantitative estimate of drug-likeness (QED) is 0.877. The fourth-order valence-corrected chi connectivity index (χ4v) is 2.27. The molecular formula is C15H12F2N2. The summed E-state index contributed by atoms with van der Waals surface area (Å²) in [5.41, 5.74) is 1.88. The number of nitrogens with one attached hydrogen (secondary N) is 1. The molecule has 1 N–H and O–H groups in total. The van der Waals surface area contributed by atoms with Crippen LogP contribution in [0.1, 0.15) is 23.2 Å². The third-order valence-corrected chi connectivity index (χ3v) is 3.25. The molecule has 2 aromatic rings. The van der Waals surface area contributed by atoms with E-state index in [1.807, 2.05) is 0 Å². The lowest BCUT2D eigenvalue weighted by atomic mass is 9.95. The largest absolute Gasteiger partial charge is 0.367 e. The van der Waals surface area contributed by atoms with Crippen molar-refractivity contribution in [2.75, 3.05) is 0 Å². The second-order valence-electron chi connectivity index (χ2n) is 4.47. The Bertz CT molecular complexity index is 591. The summed E-state index contributed by atoms with van der Waals surface area (Å²) in [7, 11) is 0. The Morgan fingerprint density at radius 3 is 1.89 bits per heavy atom. The predicted molar refractivity (Wildman–Crippen MR) is 69.9 cm³/mol. The Morgan fingerprint density at radius 1 is 0.789 bits per heavy atom. The van der Waals surface area contributed by atoms with Crippen molar-refractivity contribution in [1.29, 1.82) is 0 Å². The molecule has 0 bridgehead atoms. The molecule has 19 heavy (non-hydrogen) atoms. The third-order valence-electron chi connectivity index (χ3n) is 3.25. The van der Waals surface area contributed by atoms with E-state index in [0.717, 1.165) is 11.1 Å². The number of nitrogens with zero attached hydrogens (tertiary/aromatic N) is 1. The molecule has 1 heterocycles. The standard InChI is InChI=1S/C15H12F2N2/c16-12-5-1-10(2-6-12)14-15(19-9-18-14)11-3-7-13(17)8-4-11/h1-9,14-15H,(H,18,19). The number of benzene rings is 2. The van der Waals surface area contributed by atoms with Gasteiger partial charge in [0.25, 0.3) is 0 Å². The molecule has 1 aliphatic rings. The highest BCUT2D eigenvalue weighted by Crippen LogP contribution is 2.34. The van der Waals surface area contributed by atoms with E-state index in [9.17, 15) is 8.78 Å². The Hall–Kier alpha value is -2.23. The summed E-state index contributed by atoms with van der Waals surface area (Å²) in [4.78, 5) is 4.36. The van der Waals surface area contributed by atoms with Crippen molar-refractivity contribution in [2.24, 2.45) is 4.99 Å². The molecule has 2 aromatic carbocycles. The van der Waals surface area contributed by atoms with Crippen LogP contribution in [0.25, 0.3) is 0 Å². The average Bonchev–Trinajstić information content (AvgIpc) is 2.90. The van der Waals surface area contributed by atoms with Crippen LogP contribution in [0.2, 0.25) is 0 Å². The van der Waals surface area contributed by atoms with Crippen molar-refractivity contribution in [1.82, 2.24) is 5.32 Å². The van der Waals surface area contributed by atoms with Gasteiger partial charge >= 0.3 is 0 Å². The van der Waals surface area contributed by atoms with Gasteiger partial charge in [0.2, 0.25) is 0 Å². The lowest BCUT2D eigenvalue weighted by molar-refractivity contribution is 0.566. The van der Waals surface area contributed by atoms with Crippen LogP contribution in [0.5, 0.6) is 0 Å². The Kier molecular flexibility index (Phi) is 2.99. The van der Waals surface area contributed by atoms with E-state index in [0.29, 0.717) is 0 Å². The number of hydrogen-bond donors (Lipinski definition) is 1. The molecule has 0 spiro atoms. The Morgan fingerprint density at radius 2 is 1.32 bits per heavy atom. The van der Waals surface area contributed by atoms with Gasteiger partial charge in [0.15, 0.2) is 0 Å². The normalized spacial score (nSPS) is 21.4. The van der Waals surface area contributed by atoms with E-state index in [1.54, 1.807) is 30.6 Å². The van der Waals surface area contributed by atoms with Crippen LogP contribution in [0, 0.1) is 11.6 Å². The summed E-state index contributed by atoms with van der Waals surface area (Å²) in [6.45, 7) is 0. The minimum Gasteiger partial charge on any atom is -0.367 e. The minimum atomic E-state index is -0.267. The maximum absolute atomic E-state index is 12.9. The summed E-state index contributed by atoms with van der Waals surface area (Å²) < 4.78 is 25.9. The van der Waals surface area contributed by atoms with E-state index < -0.39 is 0 Å². The fourth-order valence-electron chi connectivity index (χ4n) is 2.27. The Labute approximate surface area is 109 Å². The van der Waals surface area contributed by atoms with Gasteiger partial charge in [0.1, 0.15) is 17.7 Å². The van der Waals surface area contributed by atoms with Crippen molar-refractivity contribution in [2.45, 2.75) is 12.1 Å². The molecular weight excluding hydrogens is 246 g/mol. The topological polar surface area (TPSA) is 24.4 Å². The van der Waals surface area contributed by atoms with Crippen LogP contribution in [-0.4, -0.2) is 6.34 Å². The molecule has 0 amide bonds. The first-order chi connectivity index (χ1) is 9.24. The fraction of sp³-hybridized carbons (Fsp3) is 0.133. The Balaban J connectivity index is 1.90. The summed E-state index contributed by atoms with van der Waals surface area (Å²) in [5, 5.41) is 3.15. The van der Waals surface area contributed by atoms with E-state index in [4.69, 9.17) is 0 Å². The summed E-state index contributed by atoms with van der Waals surface area (Å²) in [6, 6.07) is 12.4. The van der Waals surface area contributed by atoms with Gasteiger partial charge in [0.05, 0.1) is 12.4 Å². The van der Waals surface area contributed by atoms with Crippen LogP contribution in [0.15, 0.2) is 53.5 Å². The highest BCUT2D eigenvalue weighted by molar-refractivity contribution is 5.60. The van der Waals surface area contributed by atoms with Gasteiger partial charge in [-0.1, -0.05) is 24.3 Å². The van der Waals surface area contributed by atoms with Gasteiger partial charge in [-0.3, -0.25) is 4.99 Å². The summed E-state index contributed by atoms with van der Waals surface area (Å²) in [5.74, 6) is -0.530. The van der Waals surface area contributed by atoms with Crippen molar-refractivity contribution >= 4 is 6.34 Å². The van der Waals surface area contributed by atoms with Crippen LogP contribution in [0.4, 0.5) is 8.78 Å². The molecule has 2 nitrogen and oxygen atoms in total. The molecule has 0 saturated carbocycles. The first kappa shape index (κ1) is 11.8. The van der Waals surface area contributed by atoms with Gasteiger partial charge < -0.3 is 5.32 Å². The van der Waals surface area contributed by atoms with E-state index in [2.05, 4.69) is 10.3 Å². The predicted octanol–water partition coefficient (Wildman–Crippen LogP) is 3.38. The second kappa shape index (κ2) is 4.80. The van der Waals surface area contributed by atoms with Gasteiger partial charge in [-0.05, 0) is 35.4 Å². The summed E-state index contributed by atoms with van der Waals surface area (Å²) >= 11 is 0. The van der Waals surface area contributed by atoms with E-state index in [1.165, 1.54) is 24.3 Å².